The number of halogens is 3. The molecule has 1 aromatic heterocycles. The van der Waals surface area contributed by atoms with Gasteiger partial charge in [-0.3, -0.25) is 4.79 Å². The second kappa shape index (κ2) is 9.38. The third kappa shape index (κ3) is 6.45. The predicted octanol–water partition coefficient (Wildman–Crippen LogP) is 5.70. The van der Waals surface area contributed by atoms with Gasteiger partial charge >= 0.3 is 6.36 Å². The average molecular weight is 447 g/mol. The summed E-state index contributed by atoms with van der Waals surface area (Å²) in [6.07, 6.45) is -4.75. The second-order valence-electron chi connectivity index (χ2n) is 6.92. The molecule has 9 heteroatoms. The van der Waals surface area contributed by atoms with Crippen LogP contribution in [0.1, 0.15) is 16.7 Å². The van der Waals surface area contributed by atoms with Gasteiger partial charge in [-0.15, -0.1) is 23.4 Å². The first-order valence-electron chi connectivity index (χ1n) is 9.31. The van der Waals surface area contributed by atoms with Crippen molar-refractivity contribution in [1.29, 1.82) is 0 Å². The number of aryl methyl sites for hydroxylation is 3. The SMILES string of the molecule is Cc1cc(C)c(-c2ccc(SCC(=O)Nc3ccc(OC(F)(F)F)cc3)nn2)cc1C. The van der Waals surface area contributed by atoms with Crippen molar-refractivity contribution >= 4 is 23.4 Å². The van der Waals surface area contributed by atoms with Crippen LogP contribution < -0.4 is 10.1 Å². The Morgan fingerprint density at radius 1 is 0.968 bits per heavy atom. The third-order valence-electron chi connectivity index (χ3n) is 4.48. The van der Waals surface area contributed by atoms with Crippen molar-refractivity contribution in [1.82, 2.24) is 10.2 Å². The number of carbonyl (C=O) groups is 1. The molecule has 0 atom stereocenters. The summed E-state index contributed by atoms with van der Waals surface area (Å²) in [6, 6.07) is 12.8. The molecular weight excluding hydrogens is 427 g/mol. The highest BCUT2D eigenvalue weighted by Crippen LogP contribution is 2.26. The van der Waals surface area contributed by atoms with E-state index in [1.807, 2.05) is 19.9 Å². The van der Waals surface area contributed by atoms with E-state index in [-0.39, 0.29) is 17.4 Å². The Morgan fingerprint density at radius 2 is 1.65 bits per heavy atom. The lowest BCUT2D eigenvalue weighted by molar-refractivity contribution is -0.274. The van der Waals surface area contributed by atoms with Crippen LogP contribution in [0.2, 0.25) is 0 Å². The van der Waals surface area contributed by atoms with E-state index in [1.165, 1.54) is 35.0 Å². The largest absolute Gasteiger partial charge is 0.573 e. The Bertz CT molecular complexity index is 1070. The van der Waals surface area contributed by atoms with Crippen LogP contribution in [0, 0.1) is 20.8 Å². The number of ether oxygens (including phenoxy) is 1. The number of thioether (sulfide) groups is 1. The van der Waals surface area contributed by atoms with Crippen LogP contribution >= 0.6 is 11.8 Å². The molecule has 3 rings (SSSR count). The van der Waals surface area contributed by atoms with Gasteiger partial charge in [-0.25, -0.2) is 0 Å². The van der Waals surface area contributed by atoms with E-state index in [2.05, 4.69) is 39.3 Å². The van der Waals surface area contributed by atoms with Gasteiger partial charge in [0.05, 0.1) is 11.4 Å². The third-order valence-corrected chi connectivity index (χ3v) is 5.40. The Labute approximate surface area is 182 Å². The van der Waals surface area contributed by atoms with Crippen LogP contribution in [-0.4, -0.2) is 28.2 Å². The minimum Gasteiger partial charge on any atom is -0.406 e. The molecule has 31 heavy (non-hydrogen) atoms. The van der Waals surface area contributed by atoms with Crippen LogP contribution in [0.4, 0.5) is 18.9 Å². The van der Waals surface area contributed by atoms with Gasteiger partial charge in [-0.05, 0) is 79.9 Å². The van der Waals surface area contributed by atoms with Gasteiger partial charge in [0.25, 0.3) is 0 Å². The van der Waals surface area contributed by atoms with E-state index < -0.39 is 6.36 Å². The van der Waals surface area contributed by atoms with E-state index in [0.29, 0.717) is 10.7 Å². The number of rotatable bonds is 6. The first-order valence-corrected chi connectivity index (χ1v) is 10.3. The molecule has 1 amide bonds. The van der Waals surface area contributed by atoms with E-state index in [0.717, 1.165) is 29.0 Å². The summed E-state index contributed by atoms with van der Waals surface area (Å²) >= 11 is 1.21. The van der Waals surface area contributed by atoms with Crippen molar-refractivity contribution in [2.24, 2.45) is 0 Å². The van der Waals surface area contributed by atoms with Crippen molar-refractivity contribution in [3.63, 3.8) is 0 Å². The monoisotopic (exact) mass is 447 g/mol. The molecule has 2 aromatic carbocycles. The molecule has 0 fully saturated rings. The van der Waals surface area contributed by atoms with E-state index in [9.17, 15) is 18.0 Å². The number of alkyl halides is 3. The van der Waals surface area contributed by atoms with Crippen LogP contribution in [0.15, 0.2) is 53.6 Å². The van der Waals surface area contributed by atoms with Crippen molar-refractivity contribution in [3.05, 3.63) is 65.2 Å². The highest BCUT2D eigenvalue weighted by molar-refractivity contribution is 7.99. The van der Waals surface area contributed by atoms with Gasteiger partial charge in [-0.1, -0.05) is 17.8 Å². The highest BCUT2D eigenvalue weighted by Gasteiger charge is 2.30. The number of hydrogen-bond donors (Lipinski definition) is 1. The molecular formula is C22H20F3N3O2S. The van der Waals surface area contributed by atoms with Gasteiger partial charge in [-0.2, -0.15) is 0 Å². The second-order valence-corrected chi connectivity index (χ2v) is 7.91. The molecule has 0 aliphatic heterocycles. The number of carbonyl (C=O) groups excluding carboxylic acids is 1. The lowest BCUT2D eigenvalue weighted by atomic mass is 9.99. The summed E-state index contributed by atoms with van der Waals surface area (Å²) in [5.74, 6) is -0.586. The summed E-state index contributed by atoms with van der Waals surface area (Å²) in [5.41, 5.74) is 5.65. The molecule has 1 N–H and O–H groups in total. The highest BCUT2D eigenvalue weighted by atomic mass is 32.2. The fraction of sp³-hybridized carbons (Fsp3) is 0.227. The van der Waals surface area contributed by atoms with Crippen molar-refractivity contribution in [2.75, 3.05) is 11.1 Å². The molecule has 0 aliphatic rings. The van der Waals surface area contributed by atoms with Crippen LogP contribution in [0.5, 0.6) is 5.75 Å². The predicted molar refractivity (Wildman–Crippen MR) is 114 cm³/mol. The molecule has 5 nitrogen and oxygen atoms in total. The molecule has 0 aliphatic carbocycles. The van der Waals surface area contributed by atoms with Gasteiger partial charge in [0.2, 0.25) is 5.91 Å². The fourth-order valence-electron chi connectivity index (χ4n) is 2.85. The zero-order chi connectivity index (χ0) is 22.6. The summed E-state index contributed by atoms with van der Waals surface area (Å²) in [5, 5.41) is 11.7. The van der Waals surface area contributed by atoms with E-state index in [4.69, 9.17) is 0 Å². The molecule has 0 spiro atoms. The lowest BCUT2D eigenvalue weighted by Gasteiger charge is -2.10. The van der Waals surface area contributed by atoms with E-state index in [1.54, 1.807) is 6.07 Å². The zero-order valence-corrected chi connectivity index (χ0v) is 17.9. The van der Waals surface area contributed by atoms with Gasteiger partial charge < -0.3 is 10.1 Å². The minimum atomic E-state index is -4.75. The lowest BCUT2D eigenvalue weighted by Crippen LogP contribution is -2.17. The number of nitrogens with one attached hydrogen (secondary N) is 1. The molecule has 0 saturated heterocycles. The summed E-state index contributed by atoms with van der Waals surface area (Å²) in [6.45, 7) is 6.14. The molecule has 3 aromatic rings. The van der Waals surface area contributed by atoms with Gasteiger partial charge in [0, 0.05) is 11.3 Å². The Hall–Kier alpha value is -3.07. The van der Waals surface area contributed by atoms with Crippen molar-refractivity contribution < 1.29 is 22.7 Å². The molecule has 162 valence electrons. The Morgan fingerprint density at radius 3 is 2.26 bits per heavy atom. The number of amides is 1. The first-order chi connectivity index (χ1) is 14.6. The Kier molecular flexibility index (Phi) is 6.84. The number of benzene rings is 2. The summed E-state index contributed by atoms with van der Waals surface area (Å²) in [7, 11) is 0. The summed E-state index contributed by atoms with van der Waals surface area (Å²) < 4.78 is 40.3. The van der Waals surface area contributed by atoms with Gasteiger partial charge in [0.1, 0.15) is 10.8 Å². The number of hydrogen-bond acceptors (Lipinski definition) is 5. The normalized spacial score (nSPS) is 11.3. The van der Waals surface area contributed by atoms with Crippen molar-refractivity contribution in [2.45, 2.75) is 32.2 Å². The Balaban J connectivity index is 1.55. The van der Waals surface area contributed by atoms with Crippen LogP contribution in [0.25, 0.3) is 11.3 Å². The number of aromatic nitrogens is 2. The number of nitrogens with zero attached hydrogens (tertiary/aromatic N) is 2. The topological polar surface area (TPSA) is 64.1 Å². The van der Waals surface area contributed by atoms with Crippen molar-refractivity contribution in [3.8, 4) is 17.0 Å². The van der Waals surface area contributed by atoms with Crippen LogP contribution in [-0.2, 0) is 4.79 Å². The maximum atomic E-state index is 12.2. The minimum absolute atomic E-state index is 0.0809. The molecule has 0 unspecified atom stereocenters. The standard InChI is InChI=1S/C22H20F3N3O2S/c1-13-10-15(3)18(11-14(13)2)19-8-9-21(28-27-19)31-12-20(29)26-16-4-6-17(7-5-16)30-22(23,24)25/h4-11H,12H2,1-3H3,(H,26,29). The van der Waals surface area contributed by atoms with E-state index >= 15 is 0 Å². The van der Waals surface area contributed by atoms with Crippen LogP contribution in [0.3, 0.4) is 0 Å². The molecule has 0 radical (unpaired) electrons. The smallest absolute Gasteiger partial charge is 0.406 e. The maximum absolute atomic E-state index is 12.2. The quantitative estimate of drug-likeness (QED) is 0.491. The summed E-state index contributed by atoms with van der Waals surface area (Å²) in [4.78, 5) is 12.1. The molecule has 1 heterocycles. The maximum Gasteiger partial charge on any atom is 0.573 e. The zero-order valence-electron chi connectivity index (χ0n) is 17.1. The number of anilines is 1. The first kappa shape index (κ1) is 22.6. The fourth-order valence-corrected chi connectivity index (χ4v) is 3.47. The average Bonchev–Trinajstić information content (AvgIpc) is 2.70. The molecule has 0 bridgehead atoms. The van der Waals surface area contributed by atoms with Gasteiger partial charge in [0.15, 0.2) is 0 Å². The molecule has 0 saturated carbocycles.